The second kappa shape index (κ2) is 6.72. The molecule has 0 fully saturated rings. The zero-order chi connectivity index (χ0) is 13.8. The van der Waals surface area contributed by atoms with Gasteiger partial charge in [-0.15, -0.1) is 11.8 Å². The normalized spacial score (nSPS) is 10.5. The topological polar surface area (TPSA) is 37.8 Å². The van der Waals surface area contributed by atoms with E-state index in [1.54, 1.807) is 11.8 Å². The third-order valence-electron chi connectivity index (χ3n) is 2.48. The first-order chi connectivity index (χ1) is 9.10. The van der Waals surface area contributed by atoms with Gasteiger partial charge < -0.3 is 5.32 Å². The third-order valence-corrected chi connectivity index (χ3v) is 4.97. The minimum Gasteiger partial charge on any atom is -0.372 e. The maximum atomic E-state index is 4.49. The lowest BCUT2D eigenvalue weighted by Crippen LogP contribution is -2.02. The quantitative estimate of drug-likeness (QED) is 0.755. The summed E-state index contributed by atoms with van der Waals surface area (Å²) < 4.78 is 2.01. The van der Waals surface area contributed by atoms with Crippen molar-refractivity contribution in [3.63, 3.8) is 0 Å². The van der Waals surface area contributed by atoms with E-state index in [1.807, 2.05) is 26.1 Å². The largest absolute Gasteiger partial charge is 0.372 e. The highest BCUT2D eigenvalue weighted by Crippen LogP contribution is 2.26. The van der Waals surface area contributed by atoms with E-state index >= 15 is 0 Å². The molecule has 0 spiro atoms. The first-order valence-corrected chi connectivity index (χ1v) is 8.26. The monoisotopic (exact) mass is 401 g/mol. The molecule has 0 aliphatic heterocycles. The Labute approximate surface area is 133 Å². The molecule has 0 unspecified atom stereocenters. The Balaban J connectivity index is 2.11. The lowest BCUT2D eigenvalue weighted by Gasteiger charge is -2.08. The molecule has 0 saturated heterocycles. The van der Waals surface area contributed by atoms with Crippen molar-refractivity contribution in [2.75, 3.05) is 12.4 Å². The molecule has 2 rings (SSSR count). The summed E-state index contributed by atoms with van der Waals surface area (Å²) in [7, 11) is 1.86. The summed E-state index contributed by atoms with van der Waals surface area (Å²) in [5.74, 6) is 2.42. The molecule has 3 nitrogen and oxygen atoms in total. The third kappa shape index (κ3) is 3.94. The maximum absolute atomic E-state index is 4.49. The van der Waals surface area contributed by atoms with Gasteiger partial charge in [0.25, 0.3) is 0 Å². The number of hydrogen-bond acceptors (Lipinski definition) is 4. The van der Waals surface area contributed by atoms with Crippen molar-refractivity contribution in [2.24, 2.45) is 0 Å². The van der Waals surface area contributed by atoms with Crippen molar-refractivity contribution in [1.29, 1.82) is 0 Å². The van der Waals surface area contributed by atoms with Crippen molar-refractivity contribution in [1.82, 2.24) is 9.97 Å². The molecule has 6 heteroatoms. The summed E-state index contributed by atoms with van der Waals surface area (Å²) >= 11 is 8.64. The number of rotatable bonds is 4. The van der Waals surface area contributed by atoms with Gasteiger partial charge in [0.05, 0.1) is 15.9 Å². The Morgan fingerprint density at radius 1 is 1.16 bits per heavy atom. The van der Waals surface area contributed by atoms with Gasteiger partial charge in [0.1, 0.15) is 11.6 Å². The van der Waals surface area contributed by atoms with Crippen LogP contribution in [0, 0.1) is 6.92 Å². The molecule has 1 N–H and O–H groups in total. The van der Waals surface area contributed by atoms with E-state index in [1.165, 1.54) is 4.90 Å². The molecule has 19 heavy (non-hydrogen) atoms. The zero-order valence-electron chi connectivity index (χ0n) is 10.6. The van der Waals surface area contributed by atoms with Crippen LogP contribution in [0.1, 0.15) is 11.5 Å². The van der Waals surface area contributed by atoms with Crippen molar-refractivity contribution < 1.29 is 0 Å². The highest BCUT2D eigenvalue weighted by molar-refractivity contribution is 9.11. The van der Waals surface area contributed by atoms with Crippen LogP contribution in [0.2, 0.25) is 0 Å². The molecular formula is C13H13Br2N3S. The molecule has 0 amide bonds. The fourth-order valence-corrected chi connectivity index (χ4v) is 2.92. The number of hydrogen-bond donors (Lipinski definition) is 1. The van der Waals surface area contributed by atoms with E-state index in [-0.39, 0.29) is 0 Å². The van der Waals surface area contributed by atoms with Crippen LogP contribution in [-0.4, -0.2) is 17.0 Å². The average Bonchev–Trinajstić information content (AvgIpc) is 2.41. The van der Waals surface area contributed by atoms with Crippen LogP contribution in [0.15, 0.2) is 38.1 Å². The fourth-order valence-electron chi connectivity index (χ4n) is 1.53. The number of aryl methyl sites for hydroxylation is 1. The van der Waals surface area contributed by atoms with Crippen LogP contribution in [-0.2, 0) is 5.75 Å². The van der Waals surface area contributed by atoms with Crippen molar-refractivity contribution in [3.8, 4) is 0 Å². The number of halogens is 2. The van der Waals surface area contributed by atoms with Crippen LogP contribution in [0.3, 0.4) is 0 Å². The van der Waals surface area contributed by atoms with Gasteiger partial charge in [-0.1, -0.05) is 15.9 Å². The Morgan fingerprint density at radius 2 is 1.84 bits per heavy atom. The number of thioether (sulfide) groups is 1. The molecule has 1 heterocycles. The first kappa shape index (κ1) is 14.8. The van der Waals surface area contributed by atoms with Crippen LogP contribution in [0.25, 0.3) is 0 Å². The van der Waals surface area contributed by atoms with Gasteiger partial charge in [-0.2, -0.15) is 0 Å². The number of benzene rings is 1. The van der Waals surface area contributed by atoms with Gasteiger partial charge in [-0.3, -0.25) is 0 Å². The molecule has 1 aromatic heterocycles. The number of anilines is 1. The molecule has 1 aromatic carbocycles. The second-order valence-corrected chi connectivity index (χ2v) is 6.64. The molecule has 0 saturated carbocycles. The standard InChI is InChI=1S/C13H13Br2N3S/c1-8-12(15)13(16-2)18-11(17-8)7-19-10-5-3-9(14)4-6-10/h3-6H,7H2,1-2H3,(H,16,17,18). The van der Waals surface area contributed by atoms with Crippen molar-refractivity contribution >= 4 is 49.4 Å². The van der Waals surface area contributed by atoms with Crippen molar-refractivity contribution in [2.45, 2.75) is 17.6 Å². The predicted molar refractivity (Wildman–Crippen MR) is 87.7 cm³/mol. The maximum Gasteiger partial charge on any atom is 0.144 e. The van der Waals surface area contributed by atoms with E-state index in [9.17, 15) is 0 Å². The molecule has 0 aliphatic rings. The van der Waals surface area contributed by atoms with Crippen LogP contribution in [0.4, 0.5) is 5.82 Å². The van der Waals surface area contributed by atoms with E-state index in [0.717, 1.165) is 32.0 Å². The van der Waals surface area contributed by atoms with Crippen LogP contribution >= 0.6 is 43.6 Å². The van der Waals surface area contributed by atoms with Crippen LogP contribution < -0.4 is 5.32 Å². The molecule has 0 atom stereocenters. The summed E-state index contributed by atoms with van der Waals surface area (Å²) in [6.45, 7) is 1.97. The zero-order valence-corrected chi connectivity index (χ0v) is 14.6. The molecule has 0 bridgehead atoms. The predicted octanol–water partition coefficient (Wildman–Crippen LogP) is 4.64. The average molecular weight is 403 g/mol. The number of nitrogens with zero attached hydrogens (tertiary/aromatic N) is 2. The van der Waals surface area contributed by atoms with Gasteiger partial charge in [-0.25, -0.2) is 9.97 Å². The van der Waals surface area contributed by atoms with Crippen molar-refractivity contribution in [3.05, 3.63) is 44.7 Å². The summed E-state index contributed by atoms with van der Waals surface area (Å²) in [6, 6.07) is 8.24. The number of nitrogens with one attached hydrogen (secondary N) is 1. The van der Waals surface area contributed by atoms with Gasteiger partial charge in [0.2, 0.25) is 0 Å². The first-order valence-electron chi connectivity index (χ1n) is 5.69. The summed E-state index contributed by atoms with van der Waals surface area (Å²) in [6.07, 6.45) is 0. The van der Waals surface area contributed by atoms with E-state index < -0.39 is 0 Å². The van der Waals surface area contributed by atoms with E-state index in [4.69, 9.17) is 0 Å². The molecule has 2 aromatic rings. The number of aromatic nitrogens is 2. The molecular weight excluding hydrogens is 390 g/mol. The summed E-state index contributed by atoms with van der Waals surface area (Å²) in [5, 5.41) is 3.07. The minimum atomic E-state index is 0.754. The Bertz CT molecular complexity index is 573. The lowest BCUT2D eigenvalue weighted by atomic mass is 10.4. The Hall–Kier alpha value is -0.590. The highest BCUT2D eigenvalue weighted by Gasteiger charge is 2.08. The molecule has 0 aliphatic carbocycles. The van der Waals surface area contributed by atoms with E-state index in [2.05, 4.69) is 59.3 Å². The molecule has 100 valence electrons. The van der Waals surface area contributed by atoms with Gasteiger partial charge >= 0.3 is 0 Å². The molecule has 0 radical (unpaired) electrons. The van der Waals surface area contributed by atoms with Gasteiger partial charge in [0, 0.05) is 16.4 Å². The Morgan fingerprint density at radius 3 is 2.47 bits per heavy atom. The smallest absolute Gasteiger partial charge is 0.144 e. The fraction of sp³-hybridized carbons (Fsp3) is 0.231. The highest BCUT2D eigenvalue weighted by atomic mass is 79.9. The summed E-state index contributed by atoms with van der Waals surface area (Å²) in [5.41, 5.74) is 0.950. The van der Waals surface area contributed by atoms with Crippen LogP contribution in [0.5, 0.6) is 0 Å². The van der Waals surface area contributed by atoms with Gasteiger partial charge in [0.15, 0.2) is 0 Å². The van der Waals surface area contributed by atoms with Gasteiger partial charge in [-0.05, 0) is 47.1 Å². The second-order valence-electron chi connectivity index (χ2n) is 3.88. The summed E-state index contributed by atoms with van der Waals surface area (Å²) in [4.78, 5) is 10.2. The lowest BCUT2D eigenvalue weighted by molar-refractivity contribution is 0.985. The van der Waals surface area contributed by atoms with E-state index in [0.29, 0.717) is 0 Å². The minimum absolute atomic E-state index is 0.754. The SMILES string of the molecule is CNc1nc(CSc2ccc(Br)cc2)nc(C)c1Br. The Kier molecular flexibility index (Phi) is 5.24.